The average molecular weight is 320 g/mol. The Kier molecular flexibility index (Phi) is 4.73. The van der Waals surface area contributed by atoms with Crippen LogP contribution in [0.15, 0.2) is 10.00 Å². The third kappa shape index (κ3) is 3.67. The summed E-state index contributed by atoms with van der Waals surface area (Å²) >= 11 is 0. The summed E-state index contributed by atoms with van der Waals surface area (Å²) in [5.74, 6) is 0.616. The molecule has 1 amide bonds. The summed E-state index contributed by atoms with van der Waals surface area (Å²) in [6, 6.07) is 0. The third-order valence-corrected chi connectivity index (χ3v) is 4.52. The van der Waals surface area contributed by atoms with Gasteiger partial charge in [-0.15, -0.1) is 0 Å². The predicted octanol–water partition coefficient (Wildman–Crippen LogP) is 2.44. The maximum atomic E-state index is 11.3. The lowest BCUT2D eigenvalue weighted by molar-refractivity contribution is -0.118. The average Bonchev–Trinajstić information content (AvgIpc) is 2.83. The molecule has 1 aliphatic rings. The quantitative estimate of drug-likeness (QED) is 0.863. The first-order chi connectivity index (χ1) is 10.5. The Labute approximate surface area is 137 Å². The molecule has 0 aromatic carbocycles. The number of carbonyl (C=O) groups is 1. The molecule has 0 bridgehead atoms. The summed E-state index contributed by atoms with van der Waals surface area (Å²) < 4.78 is 17.4. The summed E-state index contributed by atoms with van der Waals surface area (Å²) in [6.07, 6.45) is 1.93. The summed E-state index contributed by atoms with van der Waals surface area (Å²) in [5.41, 5.74) is 1.63. The summed E-state index contributed by atoms with van der Waals surface area (Å²) in [6.45, 7) is 13.6. The van der Waals surface area contributed by atoms with Gasteiger partial charge in [0.05, 0.1) is 16.9 Å². The van der Waals surface area contributed by atoms with Gasteiger partial charge in [-0.3, -0.25) is 4.79 Å². The van der Waals surface area contributed by atoms with E-state index in [1.54, 1.807) is 0 Å². The monoisotopic (exact) mass is 320 g/mol. The Bertz CT molecular complexity index is 599. The number of hydrogen-bond donors (Lipinski definition) is 1. The fourth-order valence-electron chi connectivity index (χ4n) is 2.30. The molecule has 0 saturated carbocycles. The lowest BCUT2D eigenvalue weighted by Gasteiger charge is -2.32. The summed E-state index contributed by atoms with van der Waals surface area (Å²) in [5, 5.41) is 6.77. The number of aryl methyl sites for hydroxylation is 2. The van der Waals surface area contributed by atoms with Gasteiger partial charge < -0.3 is 19.1 Å². The van der Waals surface area contributed by atoms with Crippen LogP contribution in [-0.4, -0.2) is 35.9 Å². The van der Waals surface area contributed by atoms with E-state index in [9.17, 15) is 4.79 Å². The molecule has 1 N–H and O–H groups in total. The topological polar surface area (TPSA) is 73.6 Å². The fraction of sp³-hybridized carbons (Fsp3) is 0.625. The number of rotatable bonds is 4. The van der Waals surface area contributed by atoms with E-state index in [0.29, 0.717) is 6.54 Å². The van der Waals surface area contributed by atoms with Crippen molar-refractivity contribution in [3.05, 3.63) is 22.5 Å². The molecular formula is C16H25BN2O4. The molecular weight excluding hydrogens is 295 g/mol. The van der Waals surface area contributed by atoms with Crippen molar-refractivity contribution in [3.8, 4) is 0 Å². The van der Waals surface area contributed by atoms with Crippen LogP contribution in [0.1, 0.15) is 51.6 Å². The fourth-order valence-corrected chi connectivity index (χ4v) is 2.30. The molecule has 0 atom stereocenters. The molecule has 1 aromatic rings. The smallest absolute Gasteiger partial charge is 0.400 e. The standard InChI is InChI=1S/C16H25BN2O4/c1-10-14(11(2)21-19-10)8-13(9-18-12(3)20)17-22-15(4,5)16(6,7)23-17/h8H,9H2,1-7H3,(H,18,20). The molecule has 1 aromatic heterocycles. The van der Waals surface area contributed by atoms with Gasteiger partial charge >= 0.3 is 7.12 Å². The van der Waals surface area contributed by atoms with Gasteiger partial charge in [0.1, 0.15) is 5.76 Å². The van der Waals surface area contributed by atoms with Gasteiger partial charge in [-0.25, -0.2) is 0 Å². The Morgan fingerprint density at radius 1 is 1.22 bits per heavy atom. The Morgan fingerprint density at radius 2 is 1.78 bits per heavy atom. The highest BCUT2D eigenvalue weighted by molar-refractivity contribution is 6.56. The number of aromatic nitrogens is 1. The molecule has 0 radical (unpaired) electrons. The molecule has 2 rings (SSSR count). The molecule has 6 nitrogen and oxygen atoms in total. The van der Waals surface area contributed by atoms with Crippen LogP contribution in [0, 0.1) is 13.8 Å². The van der Waals surface area contributed by atoms with Crippen molar-refractivity contribution >= 4 is 19.1 Å². The van der Waals surface area contributed by atoms with E-state index in [4.69, 9.17) is 13.8 Å². The number of nitrogens with zero attached hydrogens (tertiary/aromatic N) is 1. The van der Waals surface area contributed by atoms with Crippen LogP contribution in [0.5, 0.6) is 0 Å². The highest BCUT2D eigenvalue weighted by Crippen LogP contribution is 2.38. The largest absolute Gasteiger partial charge is 0.492 e. The minimum absolute atomic E-state index is 0.105. The van der Waals surface area contributed by atoms with Crippen LogP contribution in [0.3, 0.4) is 0 Å². The van der Waals surface area contributed by atoms with Crippen molar-refractivity contribution < 1.29 is 18.6 Å². The van der Waals surface area contributed by atoms with Crippen molar-refractivity contribution in [2.45, 2.75) is 59.7 Å². The van der Waals surface area contributed by atoms with Crippen LogP contribution < -0.4 is 5.32 Å². The van der Waals surface area contributed by atoms with Gasteiger partial charge in [-0.05, 0) is 47.0 Å². The third-order valence-electron chi connectivity index (χ3n) is 4.52. The molecule has 23 heavy (non-hydrogen) atoms. The highest BCUT2D eigenvalue weighted by atomic mass is 16.7. The van der Waals surface area contributed by atoms with Crippen molar-refractivity contribution in [3.63, 3.8) is 0 Å². The summed E-state index contributed by atoms with van der Waals surface area (Å²) in [4.78, 5) is 11.3. The van der Waals surface area contributed by atoms with Gasteiger partial charge in [-0.2, -0.15) is 0 Å². The maximum absolute atomic E-state index is 11.3. The van der Waals surface area contributed by atoms with Gasteiger partial charge in [0, 0.05) is 19.0 Å². The summed E-state index contributed by atoms with van der Waals surface area (Å²) in [7, 11) is -0.527. The van der Waals surface area contributed by atoms with E-state index >= 15 is 0 Å². The van der Waals surface area contributed by atoms with Crippen molar-refractivity contribution in [2.24, 2.45) is 0 Å². The molecule has 1 saturated heterocycles. The number of carbonyl (C=O) groups excluding carboxylic acids is 1. The normalized spacial score (nSPS) is 20.0. The Morgan fingerprint density at radius 3 is 2.22 bits per heavy atom. The first-order valence-corrected chi connectivity index (χ1v) is 7.77. The van der Waals surface area contributed by atoms with Gasteiger partial charge in [0.25, 0.3) is 0 Å². The SMILES string of the molecule is CC(=O)NCC(=Cc1c(C)noc1C)B1OC(C)(C)C(C)(C)O1. The van der Waals surface area contributed by atoms with E-state index in [1.807, 2.05) is 47.6 Å². The van der Waals surface area contributed by atoms with Crippen molar-refractivity contribution in [1.82, 2.24) is 10.5 Å². The zero-order chi connectivity index (χ0) is 17.4. The molecule has 1 fully saturated rings. The van der Waals surface area contributed by atoms with Crippen molar-refractivity contribution in [2.75, 3.05) is 6.54 Å². The Balaban J connectivity index is 2.34. The van der Waals surface area contributed by atoms with E-state index in [2.05, 4.69) is 10.5 Å². The lowest BCUT2D eigenvalue weighted by Crippen LogP contribution is -2.41. The number of nitrogens with one attached hydrogen (secondary N) is 1. The predicted molar refractivity (Wildman–Crippen MR) is 88.7 cm³/mol. The van der Waals surface area contributed by atoms with Crippen LogP contribution >= 0.6 is 0 Å². The maximum Gasteiger partial charge on any atom is 0.492 e. The van der Waals surface area contributed by atoms with E-state index < -0.39 is 18.3 Å². The second kappa shape index (κ2) is 6.13. The molecule has 0 unspecified atom stereocenters. The van der Waals surface area contributed by atoms with Gasteiger partial charge in [0.2, 0.25) is 5.91 Å². The van der Waals surface area contributed by atoms with E-state index in [0.717, 1.165) is 22.5 Å². The van der Waals surface area contributed by atoms with Crippen LogP contribution in [0.2, 0.25) is 0 Å². The number of hydrogen-bond acceptors (Lipinski definition) is 5. The van der Waals surface area contributed by atoms with Crippen LogP contribution in [0.25, 0.3) is 6.08 Å². The van der Waals surface area contributed by atoms with Gasteiger partial charge in [0.15, 0.2) is 0 Å². The molecule has 2 heterocycles. The lowest BCUT2D eigenvalue weighted by atomic mass is 9.76. The molecule has 0 aliphatic carbocycles. The molecule has 126 valence electrons. The highest BCUT2D eigenvalue weighted by Gasteiger charge is 2.52. The van der Waals surface area contributed by atoms with Crippen LogP contribution in [0.4, 0.5) is 0 Å². The van der Waals surface area contributed by atoms with E-state index in [1.165, 1.54) is 6.92 Å². The minimum Gasteiger partial charge on any atom is -0.400 e. The second-order valence-electron chi connectivity index (χ2n) is 6.96. The van der Waals surface area contributed by atoms with E-state index in [-0.39, 0.29) is 5.91 Å². The van der Waals surface area contributed by atoms with Crippen molar-refractivity contribution in [1.29, 1.82) is 0 Å². The zero-order valence-electron chi connectivity index (χ0n) is 14.9. The zero-order valence-corrected chi connectivity index (χ0v) is 14.9. The first kappa shape index (κ1) is 17.8. The Hall–Kier alpha value is -1.60. The minimum atomic E-state index is -0.527. The molecule has 7 heteroatoms. The second-order valence-corrected chi connectivity index (χ2v) is 6.96. The van der Waals surface area contributed by atoms with Gasteiger partial charge in [-0.1, -0.05) is 11.2 Å². The first-order valence-electron chi connectivity index (χ1n) is 7.77. The number of amides is 1. The molecule has 0 spiro atoms. The van der Waals surface area contributed by atoms with Crippen LogP contribution in [-0.2, 0) is 14.1 Å². The molecule has 1 aliphatic heterocycles.